The van der Waals surface area contributed by atoms with Crippen LogP contribution in [0, 0.1) is 0 Å². The molecular weight excluding hydrogens is 416 g/mol. The summed E-state index contributed by atoms with van der Waals surface area (Å²) in [6.07, 6.45) is 1.97. The third kappa shape index (κ3) is 4.82. The molecule has 0 radical (unpaired) electrons. The van der Waals surface area contributed by atoms with Gasteiger partial charge in [-0.2, -0.15) is 0 Å². The third-order valence-electron chi connectivity index (χ3n) is 5.16. The summed E-state index contributed by atoms with van der Waals surface area (Å²) < 4.78 is 9.00. The van der Waals surface area contributed by atoms with E-state index in [1.807, 2.05) is 30.3 Å². The molecule has 1 aliphatic carbocycles. The van der Waals surface area contributed by atoms with Crippen LogP contribution in [0.2, 0.25) is 5.02 Å². The molecule has 1 aromatic heterocycles. The summed E-state index contributed by atoms with van der Waals surface area (Å²) in [4.78, 5) is 25.5. The molecule has 162 valence electrons. The molecule has 0 spiro atoms. The third-order valence-corrected chi connectivity index (χ3v) is 5.41. The Bertz CT molecular complexity index is 1120. The fraction of sp³-hybridized carbons (Fsp3) is 0.348. The summed E-state index contributed by atoms with van der Waals surface area (Å²) in [5.74, 6) is 0.947. The van der Waals surface area contributed by atoms with Gasteiger partial charge in [0.1, 0.15) is 5.75 Å². The topological polar surface area (TPSA) is 78.2 Å². The molecule has 0 saturated heterocycles. The molecule has 1 aliphatic rings. The Morgan fingerprint density at radius 1 is 1.16 bits per heavy atom. The molecule has 2 aromatic carbocycles. The summed E-state index contributed by atoms with van der Waals surface area (Å²) in [5, 5.41) is 7.99. The second-order valence-electron chi connectivity index (χ2n) is 8.12. The van der Waals surface area contributed by atoms with Crippen LogP contribution in [-0.4, -0.2) is 32.4 Å². The molecule has 1 amide bonds. The van der Waals surface area contributed by atoms with Gasteiger partial charge in [0.25, 0.3) is 5.91 Å². The molecule has 1 fully saturated rings. The summed E-state index contributed by atoms with van der Waals surface area (Å²) in [6, 6.07) is 16.7. The van der Waals surface area contributed by atoms with Crippen molar-refractivity contribution in [3.63, 3.8) is 0 Å². The lowest BCUT2D eigenvalue weighted by atomic mass is 10.1. The van der Waals surface area contributed by atoms with Gasteiger partial charge >= 0.3 is 5.69 Å². The van der Waals surface area contributed by atoms with E-state index in [1.165, 1.54) is 4.68 Å². The van der Waals surface area contributed by atoms with Gasteiger partial charge in [-0.3, -0.25) is 9.36 Å². The van der Waals surface area contributed by atoms with E-state index >= 15 is 0 Å². The quantitative estimate of drug-likeness (QED) is 0.579. The SMILES string of the molecule is CC(C)(Oc1ccc(Cl)cc1)C(=O)NCCn1nc(-c2ccccc2)n(C2CC2)c1=O. The van der Waals surface area contributed by atoms with Gasteiger partial charge in [0.2, 0.25) is 0 Å². The number of nitrogens with zero attached hydrogens (tertiary/aromatic N) is 3. The predicted molar refractivity (Wildman–Crippen MR) is 119 cm³/mol. The average molecular weight is 441 g/mol. The summed E-state index contributed by atoms with van der Waals surface area (Å²) >= 11 is 5.89. The average Bonchev–Trinajstić information content (AvgIpc) is 3.54. The van der Waals surface area contributed by atoms with Crippen LogP contribution in [0.15, 0.2) is 59.4 Å². The molecule has 8 heteroatoms. The second-order valence-corrected chi connectivity index (χ2v) is 8.56. The highest BCUT2D eigenvalue weighted by Gasteiger charge is 2.31. The Labute approximate surface area is 185 Å². The number of benzene rings is 2. The number of amides is 1. The zero-order chi connectivity index (χ0) is 22.0. The molecule has 1 heterocycles. The maximum atomic E-state index is 12.9. The fourth-order valence-corrected chi connectivity index (χ4v) is 3.47. The van der Waals surface area contributed by atoms with Gasteiger partial charge in [-0.05, 0) is 51.0 Å². The normalized spacial score (nSPS) is 13.8. The maximum absolute atomic E-state index is 12.9. The number of aromatic nitrogens is 3. The van der Waals surface area contributed by atoms with Crippen LogP contribution in [-0.2, 0) is 11.3 Å². The van der Waals surface area contributed by atoms with E-state index < -0.39 is 5.60 Å². The standard InChI is InChI=1S/C23H25ClN4O3/c1-23(2,31-19-12-8-17(24)9-13-19)21(29)25-14-15-27-22(30)28(18-10-11-18)20(26-27)16-6-4-3-5-7-16/h3-9,12-13,18H,10-11,14-15H2,1-2H3,(H,25,29). The van der Waals surface area contributed by atoms with Gasteiger partial charge in [-0.1, -0.05) is 41.9 Å². The molecule has 0 unspecified atom stereocenters. The Kier molecular flexibility index (Phi) is 5.87. The van der Waals surface area contributed by atoms with Crippen LogP contribution in [0.1, 0.15) is 32.7 Å². The molecule has 3 aromatic rings. The lowest BCUT2D eigenvalue weighted by Gasteiger charge is -2.25. The van der Waals surface area contributed by atoms with E-state index in [2.05, 4.69) is 10.4 Å². The molecule has 1 saturated carbocycles. The lowest BCUT2D eigenvalue weighted by molar-refractivity contribution is -0.134. The van der Waals surface area contributed by atoms with E-state index in [-0.39, 0.29) is 30.7 Å². The Hall–Kier alpha value is -3.06. The van der Waals surface area contributed by atoms with Crippen molar-refractivity contribution in [2.24, 2.45) is 0 Å². The van der Waals surface area contributed by atoms with Crippen molar-refractivity contribution < 1.29 is 9.53 Å². The van der Waals surface area contributed by atoms with Crippen molar-refractivity contribution in [1.82, 2.24) is 19.7 Å². The van der Waals surface area contributed by atoms with Gasteiger partial charge in [-0.25, -0.2) is 9.48 Å². The smallest absolute Gasteiger partial charge is 0.346 e. The van der Waals surface area contributed by atoms with E-state index in [1.54, 1.807) is 42.7 Å². The van der Waals surface area contributed by atoms with Crippen LogP contribution in [0.3, 0.4) is 0 Å². The molecule has 7 nitrogen and oxygen atoms in total. The number of carbonyl (C=O) groups is 1. The van der Waals surface area contributed by atoms with Gasteiger partial charge in [0.05, 0.1) is 6.54 Å². The van der Waals surface area contributed by atoms with Crippen LogP contribution >= 0.6 is 11.6 Å². The highest BCUT2D eigenvalue weighted by molar-refractivity contribution is 6.30. The Morgan fingerprint density at radius 2 is 1.84 bits per heavy atom. The second kappa shape index (κ2) is 8.59. The first-order chi connectivity index (χ1) is 14.8. The molecule has 31 heavy (non-hydrogen) atoms. The molecule has 4 rings (SSSR count). The van der Waals surface area contributed by atoms with Gasteiger partial charge in [-0.15, -0.1) is 5.10 Å². The number of ether oxygens (including phenoxy) is 1. The van der Waals surface area contributed by atoms with Crippen molar-refractivity contribution in [2.75, 3.05) is 6.54 Å². The number of nitrogens with one attached hydrogen (secondary N) is 1. The first-order valence-electron chi connectivity index (χ1n) is 10.3. The van der Waals surface area contributed by atoms with Crippen LogP contribution in [0.4, 0.5) is 0 Å². The summed E-state index contributed by atoms with van der Waals surface area (Å²) in [7, 11) is 0. The minimum absolute atomic E-state index is 0.146. The van der Waals surface area contributed by atoms with Crippen LogP contribution < -0.4 is 15.7 Å². The van der Waals surface area contributed by atoms with Crippen molar-refractivity contribution in [2.45, 2.75) is 44.9 Å². The molecule has 0 atom stereocenters. The minimum Gasteiger partial charge on any atom is -0.478 e. The highest BCUT2D eigenvalue weighted by Crippen LogP contribution is 2.36. The lowest BCUT2D eigenvalue weighted by Crippen LogP contribution is -2.47. The maximum Gasteiger partial charge on any atom is 0.346 e. The monoisotopic (exact) mass is 440 g/mol. The number of rotatable bonds is 8. The molecule has 0 aliphatic heterocycles. The van der Waals surface area contributed by atoms with E-state index in [4.69, 9.17) is 16.3 Å². The van der Waals surface area contributed by atoms with Crippen molar-refractivity contribution in [3.8, 4) is 17.1 Å². The molecule has 0 bridgehead atoms. The first-order valence-corrected chi connectivity index (χ1v) is 10.7. The number of halogens is 1. The van der Waals surface area contributed by atoms with E-state index in [0.717, 1.165) is 18.4 Å². The van der Waals surface area contributed by atoms with Crippen LogP contribution in [0.25, 0.3) is 11.4 Å². The van der Waals surface area contributed by atoms with E-state index in [0.29, 0.717) is 16.6 Å². The zero-order valence-corrected chi connectivity index (χ0v) is 18.3. The summed E-state index contributed by atoms with van der Waals surface area (Å²) in [6.45, 7) is 3.93. The zero-order valence-electron chi connectivity index (χ0n) is 17.5. The Morgan fingerprint density at radius 3 is 2.48 bits per heavy atom. The van der Waals surface area contributed by atoms with Crippen LogP contribution in [0.5, 0.6) is 5.75 Å². The van der Waals surface area contributed by atoms with Gasteiger partial charge in [0.15, 0.2) is 11.4 Å². The molecule has 1 N–H and O–H groups in total. The first kappa shape index (κ1) is 21.2. The van der Waals surface area contributed by atoms with Gasteiger partial charge in [0, 0.05) is 23.2 Å². The van der Waals surface area contributed by atoms with Crippen molar-refractivity contribution in [3.05, 3.63) is 70.1 Å². The van der Waals surface area contributed by atoms with Crippen molar-refractivity contribution >= 4 is 17.5 Å². The Balaban J connectivity index is 1.42. The summed E-state index contributed by atoms with van der Waals surface area (Å²) in [5.41, 5.74) is -0.319. The minimum atomic E-state index is -1.08. The number of hydrogen-bond donors (Lipinski definition) is 1. The highest BCUT2D eigenvalue weighted by atomic mass is 35.5. The largest absolute Gasteiger partial charge is 0.478 e. The molecular formula is C23H25ClN4O3. The van der Waals surface area contributed by atoms with E-state index in [9.17, 15) is 9.59 Å². The number of hydrogen-bond acceptors (Lipinski definition) is 4. The van der Waals surface area contributed by atoms with Gasteiger partial charge < -0.3 is 10.1 Å². The fourth-order valence-electron chi connectivity index (χ4n) is 3.34. The van der Waals surface area contributed by atoms with Crippen molar-refractivity contribution in [1.29, 1.82) is 0 Å². The number of carbonyl (C=O) groups excluding carboxylic acids is 1. The predicted octanol–water partition coefficient (Wildman–Crippen LogP) is 3.67.